The van der Waals surface area contributed by atoms with Crippen molar-refractivity contribution in [2.75, 3.05) is 7.05 Å². The maximum atomic E-state index is 13.7. The van der Waals surface area contributed by atoms with Crippen LogP contribution >= 0.6 is 0 Å². The summed E-state index contributed by atoms with van der Waals surface area (Å²) in [5.74, 6) is -2.54. The van der Waals surface area contributed by atoms with E-state index in [2.05, 4.69) is 12.2 Å². The van der Waals surface area contributed by atoms with Crippen LogP contribution in [-0.4, -0.2) is 41.4 Å². The van der Waals surface area contributed by atoms with Gasteiger partial charge in [0.15, 0.2) is 0 Å². The number of hydrogen-bond acceptors (Lipinski definition) is 3. The zero-order valence-electron chi connectivity index (χ0n) is 15.9. The smallest absolute Gasteiger partial charge is 0.248 e. The van der Waals surface area contributed by atoms with Crippen molar-refractivity contribution in [2.24, 2.45) is 0 Å². The molecule has 0 aromatic heterocycles. The zero-order chi connectivity index (χ0) is 18.4. The molecule has 0 aromatic carbocycles. The molecular formula is C19H39F2NO2. The Kier molecular flexibility index (Phi) is 13.8. The van der Waals surface area contributed by atoms with Crippen LogP contribution in [0, 0.1) is 0 Å². The van der Waals surface area contributed by atoms with E-state index in [1.807, 2.05) is 6.92 Å². The third-order valence-corrected chi connectivity index (χ3v) is 4.77. The molecule has 0 aromatic rings. The van der Waals surface area contributed by atoms with Crippen molar-refractivity contribution in [1.29, 1.82) is 0 Å². The maximum absolute atomic E-state index is 13.7. The molecule has 0 aliphatic heterocycles. The molecule has 0 radical (unpaired) electrons. The lowest BCUT2D eigenvalue weighted by molar-refractivity contribution is -0.0208. The summed E-state index contributed by atoms with van der Waals surface area (Å²) in [7, 11) is 1.77. The average molecular weight is 352 g/mol. The molecule has 146 valence electrons. The van der Waals surface area contributed by atoms with Crippen LogP contribution in [0.3, 0.4) is 0 Å². The van der Waals surface area contributed by atoms with Crippen molar-refractivity contribution in [3.63, 3.8) is 0 Å². The van der Waals surface area contributed by atoms with Gasteiger partial charge in [-0.25, -0.2) is 8.78 Å². The fourth-order valence-electron chi connectivity index (χ4n) is 2.85. The lowest BCUT2D eigenvalue weighted by atomic mass is 9.99. The fourth-order valence-corrected chi connectivity index (χ4v) is 2.85. The van der Waals surface area contributed by atoms with E-state index in [1.165, 1.54) is 0 Å². The molecule has 3 nitrogen and oxygen atoms in total. The summed E-state index contributed by atoms with van der Waals surface area (Å²) in [6.45, 7) is 3.98. The molecule has 24 heavy (non-hydrogen) atoms. The van der Waals surface area contributed by atoms with Crippen LogP contribution < -0.4 is 5.32 Å². The summed E-state index contributed by atoms with van der Waals surface area (Å²) < 4.78 is 27.5. The molecule has 0 saturated carbocycles. The highest BCUT2D eigenvalue weighted by Gasteiger charge is 2.27. The molecule has 0 rings (SSSR count). The van der Waals surface area contributed by atoms with E-state index in [1.54, 1.807) is 7.05 Å². The molecule has 0 spiro atoms. The van der Waals surface area contributed by atoms with Gasteiger partial charge in [-0.15, -0.1) is 0 Å². The Bertz CT molecular complexity index is 291. The molecular weight excluding hydrogens is 312 g/mol. The van der Waals surface area contributed by atoms with E-state index in [4.69, 9.17) is 0 Å². The van der Waals surface area contributed by atoms with Crippen LogP contribution in [0.15, 0.2) is 0 Å². The number of nitrogens with one attached hydrogen (secondary N) is 1. The lowest BCUT2D eigenvalue weighted by Gasteiger charge is -2.21. The van der Waals surface area contributed by atoms with Gasteiger partial charge >= 0.3 is 0 Å². The molecule has 3 N–H and O–H groups in total. The van der Waals surface area contributed by atoms with Crippen LogP contribution in [0.1, 0.15) is 90.9 Å². The molecule has 0 aliphatic rings. The molecule has 0 aliphatic carbocycles. The Hall–Kier alpha value is -0.260. The van der Waals surface area contributed by atoms with Gasteiger partial charge < -0.3 is 15.5 Å². The number of hydrogen-bond donors (Lipinski definition) is 3. The molecule has 0 bridgehead atoms. The zero-order valence-corrected chi connectivity index (χ0v) is 15.9. The van der Waals surface area contributed by atoms with Crippen molar-refractivity contribution in [2.45, 2.75) is 115 Å². The summed E-state index contributed by atoms with van der Waals surface area (Å²) in [5.41, 5.74) is 0. The summed E-state index contributed by atoms with van der Waals surface area (Å²) in [4.78, 5) is 0. The average Bonchev–Trinajstić information content (AvgIpc) is 2.53. The minimum atomic E-state index is -2.54. The Morgan fingerprint density at radius 2 is 1.46 bits per heavy atom. The van der Waals surface area contributed by atoms with E-state index < -0.39 is 18.1 Å². The molecule has 2 unspecified atom stereocenters. The summed E-state index contributed by atoms with van der Waals surface area (Å²) >= 11 is 0. The minimum absolute atomic E-state index is 0.00738. The quantitative estimate of drug-likeness (QED) is 0.355. The fraction of sp³-hybridized carbons (Fsp3) is 1.00. The number of aliphatic hydroxyl groups is 2. The van der Waals surface area contributed by atoms with E-state index in [0.717, 1.165) is 32.1 Å². The Morgan fingerprint density at radius 1 is 0.917 bits per heavy atom. The third-order valence-electron chi connectivity index (χ3n) is 4.77. The van der Waals surface area contributed by atoms with Gasteiger partial charge in [0.25, 0.3) is 0 Å². The largest absolute Gasteiger partial charge is 0.393 e. The highest BCUT2D eigenvalue weighted by molar-refractivity contribution is 4.73. The summed E-state index contributed by atoms with van der Waals surface area (Å²) in [6.07, 6.45) is 6.51. The van der Waals surface area contributed by atoms with Crippen molar-refractivity contribution in [3.05, 3.63) is 0 Å². The second-order valence-corrected chi connectivity index (χ2v) is 7.15. The first-order valence-electron chi connectivity index (χ1n) is 9.73. The standard InChI is InChI=1S/C19H39F2NO2/c1-4-5-6-7-10-13-19(20,21)14-11-8-9-12-17(23)15-18(24)16(2)22-3/h16-18,22-24H,4-15H2,1-3H3/t16?,17?,18-/m0/s1. The monoisotopic (exact) mass is 351 g/mol. The van der Waals surface area contributed by atoms with Crippen molar-refractivity contribution >= 4 is 0 Å². The summed E-state index contributed by atoms with van der Waals surface area (Å²) in [6, 6.07) is -0.0596. The van der Waals surface area contributed by atoms with Gasteiger partial charge in [-0.05, 0) is 33.2 Å². The molecule has 0 heterocycles. The first kappa shape index (κ1) is 23.7. The molecule has 3 atom stereocenters. The number of rotatable bonds is 16. The normalized spacial score (nSPS) is 16.1. The lowest BCUT2D eigenvalue weighted by Crippen LogP contribution is -2.37. The van der Waals surface area contributed by atoms with Gasteiger partial charge in [0.1, 0.15) is 0 Å². The minimum Gasteiger partial charge on any atom is -0.393 e. The van der Waals surface area contributed by atoms with Crippen LogP contribution in [-0.2, 0) is 0 Å². The highest BCUT2D eigenvalue weighted by atomic mass is 19.3. The predicted molar refractivity (Wildman–Crippen MR) is 96.6 cm³/mol. The Balaban J connectivity index is 3.65. The molecule has 0 amide bonds. The topological polar surface area (TPSA) is 52.5 Å². The van der Waals surface area contributed by atoms with E-state index >= 15 is 0 Å². The van der Waals surface area contributed by atoms with Crippen LogP contribution in [0.2, 0.25) is 0 Å². The van der Waals surface area contributed by atoms with Gasteiger partial charge in [-0.2, -0.15) is 0 Å². The molecule has 0 saturated heterocycles. The second-order valence-electron chi connectivity index (χ2n) is 7.15. The van der Waals surface area contributed by atoms with Crippen LogP contribution in [0.5, 0.6) is 0 Å². The Labute approximate surface area is 147 Å². The van der Waals surface area contributed by atoms with E-state index in [0.29, 0.717) is 32.1 Å². The van der Waals surface area contributed by atoms with Crippen molar-refractivity contribution in [1.82, 2.24) is 5.32 Å². The van der Waals surface area contributed by atoms with Crippen molar-refractivity contribution < 1.29 is 19.0 Å². The van der Waals surface area contributed by atoms with Gasteiger partial charge in [0.2, 0.25) is 5.92 Å². The third kappa shape index (κ3) is 13.1. The van der Waals surface area contributed by atoms with Gasteiger partial charge in [-0.3, -0.25) is 0 Å². The van der Waals surface area contributed by atoms with Gasteiger partial charge in [-0.1, -0.05) is 45.4 Å². The first-order valence-corrected chi connectivity index (χ1v) is 9.73. The Morgan fingerprint density at radius 3 is 2.00 bits per heavy atom. The number of unbranched alkanes of at least 4 members (excludes halogenated alkanes) is 6. The van der Waals surface area contributed by atoms with Gasteiger partial charge in [0, 0.05) is 25.3 Å². The summed E-state index contributed by atoms with van der Waals surface area (Å²) in [5, 5.41) is 22.6. The van der Waals surface area contributed by atoms with Gasteiger partial charge in [0.05, 0.1) is 12.2 Å². The van der Waals surface area contributed by atoms with Crippen LogP contribution in [0.4, 0.5) is 8.78 Å². The number of aliphatic hydroxyl groups excluding tert-OH is 2. The number of halogens is 2. The van der Waals surface area contributed by atoms with Crippen molar-refractivity contribution in [3.8, 4) is 0 Å². The molecule has 0 fully saturated rings. The number of likely N-dealkylation sites (N-methyl/N-ethyl adjacent to an activating group) is 1. The van der Waals surface area contributed by atoms with E-state index in [-0.39, 0.29) is 18.9 Å². The van der Waals surface area contributed by atoms with Crippen LogP contribution in [0.25, 0.3) is 0 Å². The maximum Gasteiger partial charge on any atom is 0.248 e. The predicted octanol–water partition coefficient (Wildman–Crippen LogP) is 4.65. The SMILES string of the molecule is CCCCCCCC(F)(F)CCCCCC(O)C[C@H](O)C(C)NC. The first-order chi connectivity index (χ1) is 11.3. The molecule has 5 heteroatoms. The second kappa shape index (κ2) is 14.0. The van der Waals surface area contributed by atoms with E-state index in [9.17, 15) is 19.0 Å². The highest BCUT2D eigenvalue weighted by Crippen LogP contribution is 2.28. The number of alkyl halides is 2.